The number of halogens is 1. The molecule has 6 heteroatoms. The summed E-state index contributed by atoms with van der Waals surface area (Å²) in [7, 11) is 3.37. The maximum Gasteiger partial charge on any atom is 0.226 e. The molecular weight excluding hydrogens is 354 g/mol. The highest BCUT2D eigenvalue weighted by molar-refractivity contribution is 6.30. The first kappa shape index (κ1) is 18.1. The molecule has 0 unspecified atom stereocenters. The Morgan fingerprint density at radius 3 is 2.62 bits per heavy atom. The Kier molecular flexibility index (Phi) is 5.68. The van der Waals surface area contributed by atoms with Crippen LogP contribution in [0.4, 0.5) is 0 Å². The van der Waals surface area contributed by atoms with E-state index in [0.29, 0.717) is 23.8 Å². The van der Waals surface area contributed by atoms with Crippen LogP contribution < -0.4 is 9.47 Å². The lowest BCUT2D eigenvalue weighted by Crippen LogP contribution is -2.32. The summed E-state index contributed by atoms with van der Waals surface area (Å²) in [5.41, 5.74) is 1.57. The Bertz CT molecular complexity index is 888. The molecule has 0 radical (unpaired) electrons. The van der Waals surface area contributed by atoms with E-state index in [1.54, 1.807) is 49.6 Å². The molecule has 0 atom stereocenters. The lowest BCUT2D eigenvalue weighted by Gasteiger charge is -2.17. The Morgan fingerprint density at radius 1 is 1.15 bits per heavy atom. The summed E-state index contributed by atoms with van der Waals surface area (Å²) < 4.78 is 16.3. The number of carbonyl (C=O) groups excluding carboxylic acids is 1. The molecule has 0 saturated carbocycles. The van der Waals surface area contributed by atoms with E-state index in [4.69, 9.17) is 25.5 Å². The van der Waals surface area contributed by atoms with E-state index in [2.05, 4.69) is 0 Å². The number of ether oxygens (including phenoxy) is 2. The zero-order chi connectivity index (χ0) is 18.5. The molecule has 0 fully saturated rings. The normalized spacial score (nSPS) is 10.7. The summed E-state index contributed by atoms with van der Waals surface area (Å²) in [6.45, 7) is 0.901. The number of nitrogens with zero attached hydrogens (tertiary/aromatic N) is 1. The molecule has 0 aliphatic heterocycles. The topological polar surface area (TPSA) is 51.9 Å². The van der Waals surface area contributed by atoms with Gasteiger partial charge in [-0.15, -0.1) is 0 Å². The fourth-order valence-electron chi connectivity index (χ4n) is 2.58. The zero-order valence-electron chi connectivity index (χ0n) is 14.7. The molecule has 3 aromatic rings. The number of likely N-dealkylation sites (N-methyl/N-ethyl adjacent to an activating group) is 1. The average Bonchev–Trinajstić information content (AvgIpc) is 3.05. The van der Waals surface area contributed by atoms with Gasteiger partial charge in [0.2, 0.25) is 5.91 Å². The third kappa shape index (κ3) is 4.29. The highest BCUT2D eigenvalue weighted by Crippen LogP contribution is 2.26. The maximum atomic E-state index is 12.5. The second kappa shape index (κ2) is 8.15. The number of methoxy groups -OCH3 is 1. The SMILES string of the molecule is COc1ccc2c(CC(=O)N(C)CCOc3ccc(Cl)cc3)coc2c1. The first-order chi connectivity index (χ1) is 12.6. The molecular formula is C20H20ClNO4. The quantitative estimate of drug-likeness (QED) is 0.623. The molecule has 1 aromatic heterocycles. The summed E-state index contributed by atoms with van der Waals surface area (Å²) in [4.78, 5) is 14.1. The highest BCUT2D eigenvalue weighted by atomic mass is 35.5. The summed E-state index contributed by atoms with van der Waals surface area (Å²) in [6, 6.07) is 12.7. The van der Waals surface area contributed by atoms with Gasteiger partial charge in [0.1, 0.15) is 23.7 Å². The van der Waals surface area contributed by atoms with Gasteiger partial charge >= 0.3 is 0 Å². The monoisotopic (exact) mass is 373 g/mol. The van der Waals surface area contributed by atoms with Crippen LogP contribution >= 0.6 is 11.6 Å². The van der Waals surface area contributed by atoms with Crippen molar-refractivity contribution in [3.63, 3.8) is 0 Å². The smallest absolute Gasteiger partial charge is 0.226 e. The molecule has 0 aliphatic carbocycles. The van der Waals surface area contributed by atoms with E-state index in [1.165, 1.54) is 0 Å². The van der Waals surface area contributed by atoms with Crippen molar-refractivity contribution in [3.05, 3.63) is 59.3 Å². The minimum absolute atomic E-state index is 0.00299. The number of benzene rings is 2. The van der Waals surface area contributed by atoms with E-state index >= 15 is 0 Å². The van der Waals surface area contributed by atoms with Crippen LogP contribution in [0.25, 0.3) is 11.0 Å². The van der Waals surface area contributed by atoms with Crippen LogP contribution in [0.15, 0.2) is 53.1 Å². The molecule has 1 amide bonds. The van der Waals surface area contributed by atoms with Crippen LogP contribution in [0.1, 0.15) is 5.56 Å². The van der Waals surface area contributed by atoms with Gasteiger partial charge in [-0.25, -0.2) is 0 Å². The fraction of sp³-hybridized carbons (Fsp3) is 0.250. The van der Waals surface area contributed by atoms with Crippen LogP contribution in [0.2, 0.25) is 5.02 Å². The van der Waals surface area contributed by atoms with Crippen LogP contribution in [-0.2, 0) is 11.2 Å². The molecule has 26 heavy (non-hydrogen) atoms. The second-order valence-electron chi connectivity index (χ2n) is 5.92. The number of carbonyl (C=O) groups is 1. The molecule has 136 valence electrons. The second-order valence-corrected chi connectivity index (χ2v) is 6.35. The fourth-order valence-corrected chi connectivity index (χ4v) is 2.71. The van der Waals surface area contributed by atoms with Gasteiger partial charge in [-0.1, -0.05) is 11.6 Å². The third-order valence-corrected chi connectivity index (χ3v) is 4.39. The number of amides is 1. The number of fused-ring (bicyclic) bond motifs is 1. The molecule has 0 saturated heterocycles. The van der Waals surface area contributed by atoms with E-state index in [0.717, 1.165) is 22.4 Å². The lowest BCUT2D eigenvalue weighted by atomic mass is 10.1. The molecule has 0 aliphatic rings. The third-order valence-electron chi connectivity index (χ3n) is 4.14. The first-order valence-electron chi connectivity index (χ1n) is 8.23. The first-order valence-corrected chi connectivity index (χ1v) is 8.61. The average molecular weight is 374 g/mol. The van der Waals surface area contributed by atoms with E-state index < -0.39 is 0 Å². The van der Waals surface area contributed by atoms with Crippen LogP contribution in [0, 0.1) is 0 Å². The Balaban J connectivity index is 1.54. The largest absolute Gasteiger partial charge is 0.497 e. The van der Waals surface area contributed by atoms with Crippen molar-refractivity contribution in [2.24, 2.45) is 0 Å². The molecule has 1 heterocycles. The van der Waals surface area contributed by atoms with Crippen molar-refractivity contribution in [2.45, 2.75) is 6.42 Å². The van der Waals surface area contributed by atoms with Gasteiger partial charge in [0, 0.05) is 29.1 Å². The minimum Gasteiger partial charge on any atom is -0.497 e. The predicted octanol–water partition coefficient (Wildman–Crippen LogP) is 4.17. The van der Waals surface area contributed by atoms with Gasteiger partial charge in [0.05, 0.1) is 26.3 Å². The minimum atomic E-state index is 0.00299. The van der Waals surface area contributed by atoms with E-state index in [-0.39, 0.29) is 12.3 Å². The van der Waals surface area contributed by atoms with Crippen LogP contribution in [0.5, 0.6) is 11.5 Å². The summed E-state index contributed by atoms with van der Waals surface area (Å²) >= 11 is 5.84. The summed E-state index contributed by atoms with van der Waals surface area (Å²) in [6.07, 6.45) is 1.90. The molecule has 5 nitrogen and oxygen atoms in total. The maximum absolute atomic E-state index is 12.5. The number of rotatable bonds is 7. The number of hydrogen-bond acceptors (Lipinski definition) is 4. The van der Waals surface area contributed by atoms with Crippen molar-refractivity contribution in [1.29, 1.82) is 0 Å². The van der Waals surface area contributed by atoms with Gasteiger partial charge < -0.3 is 18.8 Å². The Hall–Kier alpha value is -2.66. The van der Waals surface area contributed by atoms with E-state index in [9.17, 15) is 4.79 Å². The number of furan rings is 1. The molecule has 3 rings (SSSR count). The molecule has 0 spiro atoms. The van der Waals surface area contributed by atoms with Crippen molar-refractivity contribution < 1.29 is 18.7 Å². The molecule has 0 bridgehead atoms. The van der Waals surface area contributed by atoms with Gasteiger partial charge in [0.15, 0.2) is 0 Å². The van der Waals surface area contributed by atoms with E-state index in [1.807, 2.05) is 18.2 Å². The van der Waals surface area contributed by atoms with Gasteiger partial charge in [0.25, 0.3) is 0 Å². The van der Waals surface area contributed by atoms with Crippen molar-refractivity contribution in [1.82, 2.24) is 4.90 Å². The molecule has 0 N–H and O–H groups in total. The summed E-state index contributed by atoms with van der Waals surface area (Å²) in [5.74, 6) is 1.45. The Morgan fingerprint density at radius 2 is 1.88 bits per heavy atom. The predicted molar refractivity (Wildman–Crippen MR) is 101 cm³/mol. The summed E-state index contributed by atoms with van der Waals surface area (Å²) in [5, 5.41) is 1.58. The van der Waals surface area contributed by atoms with Gasteiger partial charge in [-0.05, 0) is 36.4 Å². The highest BCUT2D eigenvalue weighted by Gasteiger charge is 2.14. The van der Waals surface area contributed by atoms with Gasteiger partial charge in [-0.2, -0.15) is 0 Å². The zero-order valence-corrected chi connectivity index (χ0v) is 15.5. The van der Waals surface area contributed by atoms with Crippen molar-refractivity contribution in [2.75, 3.05) is 27.3 Å². The van der Waals surface area contributed by atoms with Crippen molar-refractivity contribution in [3.8, 4) is 11.5 Å². The van der Waals surface area contributed by atoms with Gasteiger partial charge in [-0.3, -0.25) is 4.79 Å². The van der Waals surface area contributed by atoms with Crippen LogP contribution in [0.3, 0.4) is 0 Å². The molecule has 2 aromatic carbocycles. The van der Waals surface area contributed by atoms with Crippen molar-refractivity contribution >= 4 is 28.5 Å². The Labute approximate surface area is 157 Å². The standard InChI is InChI=1S/C20H20ClNO4/c1-22(9-10-25-16-5-3-15(21)4-6-16)20(23)11-14-13-26-19-12-17(24-2)7-8-18(14)19/h3-8,12-13H,9-11H2,1-2H3. The number of hydrogen-bond donors (Lipinski definition) is 0. The van der Waals surface area contributed by atoms with Crippen LogP contribution in [-0.4, -0.2) is 38.1 Å². The lowest BCUT2D eigenvalue weighted by molar-refractivity contribution is -0.129.